The Kier molecular flexibility index (Phi) is 2.72. The normalized spacial score (nSPS) is 15.8. The highest BCUT2D eigenvalue weighted by Crippen LogP contribution is 2.15. The highest BCUT2D eigenvalue weighted by Gasteiger charge is 2.27. The second-order valence-electron chi connectivity index (χ2n) is 3.62. The zero-order valence-corrected chi connectivity index (χ0v) is 8.06. The van der Waals surface area contributed by atoms with Crippen molar-refractivity contribution in [2.75, 3.05) is 6.54 Å². The number of nitrogens with zero attached hydrogens (tertiary/aromatic N) is 1. The number of hydrazine groups is 2. The number of nitrogens with one attached hydrogen (secondary N) is 4. The van der Waals surface area contributed by atoms with E-state index in [1.165, 1.54) is 6.92 Å². The summed E-state index contributed by atoms with van der Waals surface area (Å²) in [4.78, 5) is 10.7. The van der Waals surface area contributed by atoms with Gasteiger partial charge in [-0.05, 0) is 0 Å². The van der Waals surface area contributed by atoms with Crippen LogP contribution in [0.15, 0.2) is 5.10 Å². The topological polar surface area (TPSA) is 77.5 Å². The first-order valence-electron chi connectivity index (χ1n) is 4.11. The minimum Gasteiger partial charge on any atom is -0.355 e. The fourth-order valence-electron chi connectivity index (χ4n) is 0.949. The van der Waals surface area contributed by atoms with Crippen LogP contribution in [0.4, 0.5) is 0 Å². The van der Waals surface area contributed by atoms with E-state index >= 15 is 0 Å². The maximum Gasteiger partial charge on any atom is 0.216 e. The average Bonchev–Trinajstić information content (AvgIpc) is 2.53. The van der Waals surface area contributed by atoms with Gasteiger partial charge in [-0.25, -0.2) is 5.53 Å². The molecule has 0 aromatic heterocycles. The molecule has 13 heavy (non-hydrogen) atoms. The summed E-state index contributed by atoms with van der Waals surface area (Å²) in [5.41, 5.74) is 7.88. The minimum absolute atomic E-state index is 0.0346. The highest BCUT2D eigenvalue weighted by atomic mass is 16.1. The average molecular weight is 185 g/mol. The van der Waals surface area contributed by atoms with Crippen LogP contribution in [0.2, 0.25) is 0 Å². The highest BCUT2D eigenvalue weighted by molar-refractivity contribution is 5.88. The lowest BCUT2D eigenvalue weighted by molar-refractivity contribution is -0.119. The van der Waals surface area contributed by atoms with Gasteiger partial charge < -0.3 is 5.32 Å². The molecule has 0 aromatic rings. The van der Waals surface area contributed by atoms with Gasteiger partial charge in [0, 0.05) is 18.9 Å². The molecule has 0 aromatic carbocycles. The first-order valence-corrected chi connectivity index (χ1v) is 4.11. The van der Waals surface area contributed by atoms with Crippen LogP contribution in [0.1, 0.15) is 20.8 Å². The number of amides is 1. The second kappa shape index (κ2) is 3.61. The Morgan fingerprint density at radius 1 is 1.62 bits per heavy atom. The standard InChI is InChI=1S/C7H15N5O/c1-5(13)8-4-7(2,3)6-9-11-12-10-6/h11-12H,4H2,1-3H3,(H,8,13)(H,9,10). The number of hydrogen-bond acceptors (Lipinski definition) is 5. The molecule has 0 spiro atoms. The lowest BCUT2D eigenvalue weighted by Crippen LogP contribution is -2.46. The molecule has 0 unspecified atom stereocenters. The van der Waals surface area contributed by atoms with Crippen LogP contribution in [0.25, 0.3) is 0 Å². The van der Waals surface area contributed by atoms with Gasteiger partial charge in [0.2, 0.25) is 5.91 Å². The summed E-state index contributed by atoms with van der Waals surface area (Å²) in [5, 5.41) is 6.73. The Morgan fingerprint density at radius 3 is 2.77 bits per heavy atom. The summed E-state index contributed by atoms with van der Waals surface area (Å²) in [6.07, 6.45) is 0. The van der Waals surface area contributed by atoms with Crippen molar-refractivity contribution in [3.63, 3.8) is 0 Å². The van der Waals surface area contributed by atoms with Crippen molar-refractivity contribution in [3.8, 4) is 0 Å². The first kappa shape index (κ1) is 9.79. The van der Waals surface area contributed by atoms with Gasteiger partial charge in [0.25, 0.3) is 0 Å². The van der Waals surface area contributed by atoms with E-state index in [2.05, 4.69) is 26.9 Å². The molecule has 0 atom stereocenters. The monoisotopic (exact) mass is 185 g/mol. The molecular weight excluding hydrogens is 170 g/mol. The van der Waals surface area contributed by atoms with Crippen LogP contribution in [0, 0.1) is 5.41 Å². The van der Waals surface area contributed by atoms with E-state index in [0.717, 1.165) is 5.84 Å². The number of hydrogen-bond donors (Lipinski definition) is 4. The van der Waals surface area contributed by atoms with Crippen molar-refractivity contribution in [2.24, 2.45) is 10.5 Å². The van der Waals surface area contributed by atoms with E-state index in [4.69, 9.17) is 0 Å². The fraction of sp³-hybridized carbons (Fsp3) is 0.714. The molecule has 1 aliphatic heterocycles. The molecule has 0 bridgehead atoms. The zero-order chi connectivity index (χ0) is 9.90. The van der Waals surface area contributed by atoms with E-state index in [1.807, 2.05) is 13.8 Å². The number of amidine groups is 1. The third-order valence-corrected chi connectivity index (χ3v) is 1.82. The van der Waals surface area contributed by atoms with Gasteiger partial charge in [0.1, 0.15) is 5.84 Å². The van der Waals surface area contributed by atoms with Crippen molar-refractivity contribution < 1.29 is 4.79 Å². The van der Waals surface area contributed by atoms with Crippen molar-refractivity contribution in [2.45, 2.75) is 20.8 Å². The van der Waals surface area contributed by atoms with E-state index in [-0.39, 0.29) is 11.3 Å². The van der Waals surface area contributed by atoms with Crippen LogP contribution < -0.4 is 21.8 Å². The second-order valence-corrected chi connectivity index (χ2v) is 3.62. The summed E-state index contributed by atoms with van der Waals surface area (Å²) in [5.74, 6) is 0.744. The molecule has 6 heteroatoms. The van der Waals surface area contributed by atoms with Gasteiger partial charge >= 0.3 is 0 Å². The molecule has 1 heterocycles. The van der Waals surface area contributed by atoms with Crippen LogP contribution >= 0.6 is 0 Å². The summed E-state index contributed by atoms with van der Waals surface area (Å²) in [6.45, 7) is 6.03. The molecule has 4 N–H and O–H groups in total. The first-order chi connectivity index (χ1) is 6.02. The largest absolute Gasteiger partial charge is 0.355 e. The molecule has 0 saturated carbocycles. The summed E-state index contributed by atoms with van der Waals surface area (Å²) in [7, 11) is 0. The Hall–Kier alpha value is -1.30. The molecule has 74 valence electrons. The van der Waals surface area contributed by atoms with E-state index < -0.39 is 0 Å². The summed E-state index contributed by atoms with van der Waals surface area (Å²) in [6, 6.07) is 0. The Bertz CT molecular complexity index is 235. The van der Waals surface area contributed by atoms with Gasteiger partial charge in [0.15, 0.2) is 0 Å². The summed E-state index contributed by atoms with van der Waals surface area (Å²) >= 11 is 0. The lowest BCUT2D eigenvalue weighted by atomic mass is 9.92. The maximum absolute atomic E-state index is 10.7. The third kappa shape index (κ3) is 2.59. The van der Waals surface area contributed by atoms with Crippen molar-refractivity contribution >= 4 is 11.7 Å². The minimum atomic E-state index is -0.206. The van der Waals surface area contributed by atoms with Gasteiger partial charge in [-0.1, -0.05) is 13.8 Å². The third-order valence-electron chi connectivity index (χ3n) is 1.82. The fourth-order valence-corrected chi connectivity index (χ4v) is 0.949. The van der Waals surface area contributed by atoms with Gasteiger partial charge in [0.05, 0.1) is 0 Å². The predicted molar refractivity (Wildman–Crippen MR) is 49.3 cm³/mol. The number of carbonyl (C=O) groups is 1. The van der Waals surface area contributed by atoms with Crippen molar-refractivity contribution in [1.29, 1.82) is 0 Å². The van der Waals surface area contributed by atoms with Gasteiger partial charge in [-0.2, -0.15) is 0 Å². The predicted octanol–water partition coefficient (Wildman–Crippen LogP) is -0.925. The Labute approximate surface area is 77.1 Å². The molecule has 1 amide bonds. The molecule has 6 nitrogen and oxygen atoms in total. The zero-order valence-electron chi connectivity index (χ0n) is 8.06. The molecule has 0 radical (unpaired) electrons. The molecular formula is C7H15N5O. The molecule has 1 rings (SSSR count). The quantitative estimate of drug-likeness (QED) is 0.458. The number of rotatable bonds is 3. The van der Waals surface area contributed by atoms with E-state index in [0.29, 0.717) is 6.54 Å². The molecule has 1 aliphatic rings. The Balaban J connectivity index is 2.49. The van der Waals surface area contributed by atoms with Crippen LogP contribution in [-0.4, -0.2) is 18.3 Å². The van der Waals surface area contributed by atoms with Crippen molar-refractivity contribution in [1.82, 2.24) is 21.8 Å². The number of hydrazone groups is 1. The SMILES string of the molecule is CC(=O)NCC(C)(C)C1=NNNN1. The molecule has 0 saturated heterocycles. The molecule has 0 aliphatic carbocycles. The smallest absolute Gasteiger partial charge is 0.216 e. The van der Waals surface area contributed by atoms with Gasteiger partial charge in [-0.3, -0.25) is 10.2 Å². The van der Waals surface area contributed by atoms with Crippen LogP contribution in [0.5, 0.6) is 0 Å². The Morgan fingerprint density at radius 2 is 2.31 bits per heavy atom. The van der Waals surface area contributed by atoms with E-state index in [9.17, 15) is 4.79 Å². The lowest BCUT2D eigenvalue weighted by Gasteiger charge is -2.23. The summed E-state index contributed by atoms with van der Waals surface area (Å²) < 4.78 is 0. The van der Waals surface area contributed by atoms with Crippen LogP contribution in [0.3, 0.4) is 0 Å². The van der Waals surface area contributed by atoms with E-state index in [1.54, 1.807) is 0 Å². The van der Waals surface area contributed by atoms with Crippen molar-refractivity contribution in [3.05, 3.63) is 0 Å². The molecule has 0 fully saturated rings. The van der Waals surface area contributed by atoms with Gasteiger partial charge in [-0.15, -0.1) is 10.6 Å². The maximum atomic E-state index is 10.7. The number of carbonyl (C=O) groups excluding carboxylic acids is 1. The van der Waals surface area contributed by atoms with Crippen LogP contribution in [-0.2, 0) is 4.79 Å².